The summed E-state index contributed by atoms with van der Waals surface area (Å²) in [4.78, 5) is 10.4. The molecule has 1 aliphatic rings. The van der Waals surface area contributed by atoms with Gasteiger partial charge in [-0.2, -0.15) is 0 Å². The molecule has 1 fully saturated rings. The van der Waals surface area contributed by atoms with Crippen molar-refractivity contribution >= 4 is 5.97 Å². The highest BCUT2D eigenvalue weighted by molar-refractivity contribution is 5.67. The minimum atomic E-state index is -1.06. The van der Waals surface area contributed by atoms with E-state index < -0.39 is 23.4 Å². The van der Waals surface area contributed by atoms with Crippen molar-refractivity contribution in [3.63, 3.8) is 0 Å². The zero-order valence-electron chi connectivity index (χ0n) is 7.89. The molecule has 0 aromatic heterocycles. The van der Waals surface area contributed by atoms with Crippen LogP contribution >= 0.6 is 0 Å². The number of nitrogens with zero attached hydrogens (tertiary/aromatic N) is 1. The van der Waals surface area contributed by atoms with E-state index in [2.05, 4.69) is 0 Å². The van der Waals surface area contributed by atoms with Gasteiger partial charge in [-0.15, -0.1) is 4.48 Å². The lowest BCUT2D eigenvalue weighted by Gasteiger charge is -2.34. The van der Waals surface area contributed by atoms with Crippen LogP contribution in [0.4, 0.5) is 4.48 Å². The molecule has 14 heavy (non-hydrogen) atoms. The molecule has 0 spiro atoms. The van der Waals surface area contributed by atoms with E-state index in [9.17, 15) is 9.28 Å². The molecule has 0 aromatic carbocycles. The first kappa shape index (κ1) is 11.4. The predicted octanol–water partition coefficient (Wildman–Crippen LogP) is 0.973. The number of halogens is 1. The van der Waals surface area contributed by atoms with E-state index in [1.165, 1.54) is 0 Å². The number of hydroxylamine groups is 1. The summed E-state index contributed by atoms with van der Waals surface area (Å²) in [5.74, 6) is -1.06. The summed E-state index contributed by atoms with van der Waals surface area (Å²) in [6.45, 7) is 1.80. The molecule has 6 heteroatoms. The number of carboxylic acids is 1. The van der Waals surface area contributed by atoms with Crippen LogP contribution in [0.1, 0.15) is 26.2 Å². The largest absolute Gasteiger partial charge is 0.481 e. The van der Waals surface area contributed by atoms with E-state index >= 15 is 0 Å². The summed E-state index contributed by atoms with van der Waals surface area (Å²) in [6.07, 6.45) is -0.161. The highest BCUT2D eigenvalue weighted by Crippen LogP contribution is 2.25. The highest BCUT2D eigenvalue weighted by Gasteiger charge is 2.35. The molecule has 5 nitrogen and oxygen atoms in total. The topological polar surface area (TPSA) is 70.0 Å². The van der Waals surface area contributed by atoms with Crippen LogP contribution in [0.2, 0.25) is 0 Å². The zero-order chi connectivity index (χ0) is 10.7. The molecule has 0 radical (unpaired) electrons. The molecular formula is C8H14FNO4. The first-order valence-electron chi connectivity index (χ1n) is 4.52. The maximum absolute atomic E-state index is 12.5. The van der Waals surface area contributed by atoms with E-state index in [4.69, 9.17) is 15.1 Å². The molecule has 1 aliphatic heterocycles. The van der Waals surface area contributed by atoms with Crippen molar-refractivity contribution in [3.8, 4) is 0 Å². The smallest absolute Gasteiger partial charge is 0.306 e. The Labute approximate surface area is 81.0 Å². The molecule has 0 amide bonds. The lowest BCUT2D eigenvalue weighted by atomic mass is 9.97. The van der Waals surface area contributed by atoms with Crippen molar-refractivity contribution in [2.24, 2.45) is 0 Å². The number of ether oxygens (including phenoxy) is 1. The van der Waals surface area contributed by atoms with E-state index in [1.54, 1.807) is 6.92 Å². The van der Waals surface area contributed by atoms with Gasteiger partial charge in [0.15, 0.2) is 0 Å². The molecule has 0 aromatic rings. The number of carboxylic acid groups (broad SMARTS) is 1. The van der Waals surface area contributed by atoms with Crippen LogP contribution in [0, 0.1) is 0 Å². The van der Waals surface area contributed by atoms with Crippen molar-refractivity contribution in [2.45, 2.75) is 44.4 Å². The van der Waals surface area contributed by atoms with E-state index in [1.807, 2.05) is 0 Å². The highest BCUT2D eigenvalue weighted by atomic mass is 19.2. The lowest BCUT2D eigenvalue weighted by molar-refractivity contribution is -0.297. The fraction of sp³-hybridized carbons (Fsp3) is 0.875. The summed E-state index contributed by atoms with van der Waals surface area (Å²) in [7, 11) is 0. The van der Waals surface area contributed by atoms with Gasteiger partial charge in [-0.1, -0.05) is 0 Å². The van der Waals surface area contributed by atoms with Crippen molar-refractivity contribution in [1.82, 2.24) is 5.29 Å². The molecular weight excluding hydrogens is 193 g/mol. The molecule has 0 bridgehead atoms. The van der Waals surface area contributed by atoms with Gasteiger partial charge in [0.1, 0.15) is 0 Å². The standard InChI is InChI=1S/C8H14FNO4/c1-5-2-3-6(10(9)13)7(14-5)4-8(11)12/h5-7,13H,2-4H2,1H3,(H,11,12). The third-order valence-electron chi connectivity index (χ3n) is 2.35. The monoisotopic (exact) mass is 207 g/mol. The normalized spacial score (nSPS) is 33.3. The maximum atomic E-state index is 12.5. The van der Waals surface area contributed by atoms with Gasteiger partial charge in [-0.3, -0.25) is 10.0 Å². The third-order valence-corrected chi connectivity index (χ3v) is 2.35. The Bertz CT molecular complexity index is 212. The minimum Gasteiger partial charge on any atom is -0.481 e. The van der Waals surface area contributed by atoms with Gasteiger partial charge in [-0.05, 0) is 25.1 Å². The molecule has 3 unspecified atom stereocenters. The van der Waals surface area contributed by atoms with Gasteiger partial charge in [0, 0.05) is 0 Å². The predicted molar refractivity (Wildman–Crippen MR) is 44.3 cm³/mol. The third kappa shape index (κ3) is 2.90. The summed E-state index contributed by atoms with van der Waals surface area (Å²) < 4.78 is 17.8. The van der Waals surface area contributed by atoms with Gasteiger partial charge < -0.3 is 9.84 Å². The molecule has 1 heterocycles. The maximum Gasteiger partial charge on any atom is 0.306 e. The van der Waals surface area contributed by atoms with E-state index in [0.717, 1.165) is 0 Å². The average Bonchev–Trinajstić information content (AvgIpc) is 2.01. The second-order valence-corrected chi connectivity index (χ2v) is 3.52. The van der Waals surface area contributed by atoms with Crippen LogP contribution in [0.25, 0.3) is 0 Å². The molecule has 0 saturated carbocycles. The van der Waals surface area contributed by atoms with E-state index in [-0.39, 0.29) is 12.5 Å². The SMILES string of the molecule is CC1CCC(N(O)F)C(CC(=O)O)O1. The van der Waals surface area contributed by atoms with Gasteiger partial charge in [-0.25, -0.2) is 0 Å². The van der Waals surface area contributed by atoms with E-state index in [0.29, 0.717) is 12.8 Å². The van der Waals surface area contributed by atoms with Crippen molar-refractivity contribution in [1.29, 1.82) is 0 Å². The number of carbonyl (C=O) groups is 1. The number of rotatable bonds is 3. The molecule has 1 rings (SSSR count). The Morgan fingerprint density at radius 3 is 2.79 bits per heavy atom. The van der Waals surface area contributed by atoms with Crippen LogP contribution in [0.15, 0.2) is 0 Å². The molecule has 2 N–H and O–H groups in total. The Morgan fingerprint density at radius 2 is 2.29 bits per heavy atom. The van der Waals surface area contributed by atoms with Gasteiger partial charge in [0.05, 0.1) is 24.7 Å². The number of hydrogen-bond donors (Lipinski definition) is 2. The second-order valence-electron chi connectivity index (χ2n) is 3.52. The van der Waals surface area contributed by atoms with Gasteiger partial charge in [0.2, 0.25) is 0 Å². The molecule has 1 saturated heterocycles. The second kappa shape index (κ2) is 4.68. The minimum absolute atomic E-state index is 0.0875. The summed E-state index contributed by atoms with van der Waals surface area (Å²) in [6, 6.07) is -0.873. The van der Waals surface area contributed by atoms with Crippen LogP contribution in [0.5, 0.6) is 0 Å². The Kier molecular flexibility index (Phi) is 3.79. The molecule has 3 atom stereocenters. The van der Waals surface area contributed by atoms with Gasteiger partial charge >= 0.3 is 5.97 Å². The van der Waals surface area contributed by atoms with Crippen LogP contribution < -0.4 is 0 Å². The summed E-state index contributed by atoms with van der Waals surface area (Å²) >= 11 is 0. The fourth-order valence-corrected chi connectivity index (χ4v) is 1.65. The number of aliphatic carboxylic acids is 1. The van der Waals surface area contributed by atoms with Crippen molar-refractivity contribution in [3.05, 3.63) is 0 Å². The first-order chi connectivity index (χ1) is 6.50. The Hall–Kier alpha value is -0.720. The summed E-state index contributed by atoms with van der Waals surface area (Å²) in [5, 5.41) is 16.7. The van der Waals surface area contributed by atoms with Crippen LogP contribution in [0.3, 0.4) is 0 Å². The lowest BCUT2D eigenvalue weighted by Crippen LogP contribution is -2.45. The quantitative estimate of drug-likeness (QED) is 0.533. The van der Waals surface area contributed by atoms with Crippen LogP contribution in [-0.4, -0.2) is 39.8 Å². The zero-order valence-corrected chi connectivity index (χ0v) is 7.89. The Balaban J connectivity index is 2.58. The first-order valence-corrected chi connectivity index (χ1v) is 4.52. The summed E-state index contributed by atoms with van der Waals surface area (Å²) in [5.41, 5.74) is 0. The fourth-order valence-electron chi connectivity index (χ4n) is 1.65. The number of hydrogen-bond acceptors (Lipinski definition) is 4. The average molecular weight is 207 g/mol. The van der Waals surface area contributed by atoms with Crippen molar-refractivity contribution < 1.29 is 24.3 Å². The Morgan fingerprint density at radius 1 is 1.64 bits per heavy atom. The molecule has 82 valence electrons. The molecule has 0 aliphatic carbocycles. The van der Waals surface area contributed by atoms with Crippen LogP contribution in [-0.2, 0) is 9.53 Å². The van der Waals surface area contributed by atoms with Crippen molar-refractivity contribution in [2.75, 3.05) is 0 Å². The van der Waals surface area contributed by atoms with Gasteiger partial charge in [0.25, 0.3) is 0 Å².